The molecule has 0 unspecified atom stereocenters. The van der Waals surface area contributed by atoms with Crippen LogP contribution in [-0.2, 0) is 91.1 Å². The highest BCUT2D eigenvalue weighted by Crippen LogP contribution is 2.16. The number of aliphatic hydroxyl groups excluding tert-OH is 1. The highest BCUT2D eigenvalue weighted by Gasteiger charge is 2.41. The van der Waals surface area contributed by atoms with Crippen LogP contribution in [0.3, 0.4) is 0 Å². The predicted molar refractivity (Wildman–Crippen MR) is 505 cm³/mol. The number of aliphatic carboxylic acids is 2. The maximum atomic E-state index is 14.9. The Morgan fingerprint density at radius 3 is 1.04 bits per heavy atom. The fourth-order valence-electron chi connectivity index (χ4n) is 13.1. The summed E-state index contributed by atoms with van der Waals surface area (Å²) in [5, 5.41) is 121. The zero-order chi connectivity index (χ0) is 103. The maximum absolute atomic E-state index is 14.9. The van der Waals surface area contributed by atoms with Crippen molar-refractivity contribution in [2.75, 3.05) is 62.8 Å². The number of thioether (sulfide) groups is 1. The summed E-state index contributed by atoms with van der Waals surface area (Å²) in [6.45, 7) is 9.03. The van der Waals surface area contributed by atoms with Crippen molar-refractivity contribution in [1.29, 1.82) is 27.0 Å². The lowest BCUT2D eigenvalue weighted by molar-refractivity contribution is -0.147. The molecule has 17 amide bonds. The molecule has 0 saturated carbocycles. The molecule has 1 saturated heterocycles. The Morgan fingerprint density at radius 1 is 0.382 bits per heavy atom. The van der Waals surface area contributed by atoms with E-state index in [0.717, 1.165) is 20.3 Å². The summed E-state index contributed by atoms with van der Waals surface area (Å²) in [7, 11) is 0. The molecule has 0 aromatic rings. The number of hydrogen-bond donors (Lipinski definition) is 38. The molecule has 0 aliphatic carbocycles. The van der Waals surface area contributed by atoms with Crippen LogP contribution in [0.5, 0.6) is 0 Å². The molecule has 58 heteroatoms. The summed E-state index contributed by atoms with van der Waals surface area (Å²) < 4.78 is 0. The van der Waals surface area contributed by atoms with E-state index >= 15 is 0 Å². The topological polar surface area (TPSA) is 939 Å². The maximum Gasteiger partial charge on any atom is 0.326 e. The SMILES string of the molecule is CC[C@H](C)[C@H](NC(=O)[C@H](CCCNC(=N)N)NC(=O)[C@H](CC(N)=O)NC(=O)[C@H](C)NC(=O)[C@H](CCCNC(=N)N)NC(=O)[C@H](CCC(N)=O)NC(=O)[C@@H](NC(=O)[C@H](CS)NC(=O)[C@H](CCSC)NC(=O)[C@@H]1CCCN1)[C@@H](C)O)C(=O)N[C@@H](CCCNC(=N)N)C(=O)N[C@@H](CC(C)C)C(=O)N[C@@H](CS)C(=O)N[C@@H](CCCNC(=N)N)C(=O)N[C@@H](CCCNC(=N)N)C(=O)N[C@@H](CC(=O)O)C(=O)O. The molecular formula is C78H141N33O22S3. The van der Waals surface area contributed by atoms with Crippen LogP contribution in [0.1, 0.15) is 164 Å². The van der Waals surface area contributed by atoms with Gasteiger partial charge in [-0.25, -0.2) is 4.79 Å². The van der Waals surface area contributed by atoms with E-state index in [2.05, 4.69) is 137 Å². The first kappa shape index (κ1) is 121. The third-order valence-corrected chi connectivity index (χ3v) is 22.0. The third-order valence-electron chi connectivity index (χ3n) is 20.6. The van der Waals surface area contributed by atoms with Crippen molar-refractivity contribution in [2.45, 2.75) is 266 Å². The van der Waals surface area contributed by atoms with Gasteiger partial charge in [0.25, 0.3) is 0 Å². The number of guanidine groups is 5. The second-order valence-corrected chi connectivity index (χ2v) is 34.2. The Labute approximate surface area is 801 Å². The summed E-state index contributed by atoms with van der Waals surface area (Å²) in [6, 6.07) is -25.3. The van der Waals surface area contributed by atoms with Gasteiger partial charge in [-0.15, -0.1) is 0 Å². The van der Waals surface area contributed by atoms with E-state index in [1.54, 1.807) is 27.0 Å². The fourth-order valence-corrected chi connectivity index (χ4v) is 14.1. The van der Waals surface area contributed by atoms with Crippen LogP contribution in [0.2, 0.25) is 0 Å². The van der Waals surface area contributed by atoms with Gasteiger partial charge in [0.2, 0.25) is 100 Å². The highest BCUT2D eigenvalue weighted by atomic mass is 32.2. The Hall–Kier alpha value is -12.7. The normalized spacial score (nSPS) is 15.8. The summed E-state index contributed by atoms with van der Waals surface area (Å²) in [5.74, 6) is -25.0. The van der Waals surface area contributed by atoms with Gasteiger partial charge in [-0.1, -0.05) is 34.1 Å². The molecule has 768 valence electrons. The molecule has 1 fully saturated rings. The van der Waals surface area contributed by atoms with Gasteiger partial charge >= 0.3 is 11.9 Å². The molecule has 55 nitrogen and oxygen atoms in total. The molecule has 0 radical (unpaired) electrons. The van der Waals surface area contributed by atoms with Gasteiger partial charge in [0, 0.05) is 50.7 Å². The fraction of sp³-hybridized carbons (Fsp3) is 0.692. The number of carbonyl (C=O) groups is 19. The van der Waals surface area contributed by atoms with Crippen LogP contribution in [0.25, 0.3) is 0 Å². The molecule has 1 aliphatic rings. The number of amides is 17. The van der Waals surface area contributed by atoms with E-state index in [0.29, 0.717) is 18.7 Å². The van der Waals surface area contributed by atoms with E-state index in [1.165, 1.54) is 18.7 Å². The summed E-state index contributed by atoms with van der Waals surface area (Å²) in [6.07, 6.45) is -3.25. The molecule has 1 aliphatic heterocycles. The first-order valence-electron chi connectivity index (χ1n) is 44.0. The van der Waals surface area contributed by atoms with Crippen LogP contribution in [0, 0.1) is 38.9 Å². The molecule has 0 bridgehead atoms. The summed E-state index contributed by atoms with van der Waals surface area (Å²) in [5.41, 5.74) is 38.5. The van der Waals surface area contributed by atoms with Crippen molar-refractivity contribution >= 4 is 179 Å². The van der Waals surface area contributed by atoms with Gasteiger partial charge in [-0.05, 0) is 141 Å². The number of carboxylic acid groups (broad SMARTS) is 2. The van der Waals surface area contributed by atoms with Crippen molar-refractivity contribution in [3.05, 3.63) is 0 Å². The lowest BCUT2D eigenvalue weighted by Crippen LogP contribution is -2.62. The van der Waals surface area contributed by atoms with Crippen LogP contribution in [0.15, 0.2) is 0 Å². The standard InChI is InChI=1S/C78H141N33O22S3/c1-8-37(4)56(71(130)103-44(19-13-28-95-77(87)88)62(121)106-48(31-36(2)3)67(126)109-51(34-134)69(128)101-42(17-11-26-93-75(83)84)61(120)99-43(18-12-27-94-76(85)86)63(122)107-50(73(132)133)33-55(115)116)110-66(125)45(20-14-29-96-78(89)90)100-68(127)49(32-54(80)114)105-58(117)38(5)97-60(119)41(16-10-25-92-74(81)82)98-64(123)46(21-22-53(79)113)104-72(131)57(39(6)112)111-70(129)52(35-135)108-65(124)47(23-30-136-7)102-59(118)40-15-9-24-91-40/h36-52,56-57,91,112,134-135H,8-35H2,1-7H3,(H2,79,113)(H2,80,114)(H,97,119)(H,98,123)(H,99,120)(H,100,127)(H,101,128)(H,102,118)(H,103,130)(H,104,131)(H,105,117)(H,106,121)(H,107,122)(H,108,124)(H,109,126)(H,110,125)(H,111,129)(H,115,116)(H,132,133)(H4,81,82,92)(H4,83,84,93)(H4,85,86,94)(H4,87,88,95)(H4,89,90,96)/t37-,38-,39+,40-,41-,42-,43-,44-,45-,46-,47-,48-,49-,50-,51-,52-,56-,57-/m0/s1. The Balaban J connectivity index is 3.80. The number of primary amides is 2. The number of thiol groups is 2. The van der Waals surface area contributed by atoms with Gasteiger partial charge in [0.15, 0.2) is 29.8 Å². The first-order valence-corrected chi connectivity index (χ1v) is 46.6. The smallest absolute Gasteiger partial charge is 0.326 e. The summed E-state index contributed by atoms with van der Waals surface area (Å²) in [4.78, 5) is 262. The van der Waals surface area contributed by atoms with Crippen LogP contribution in [0.4, 0.5) is 0 Å². The van der Waals surface area contributed by atoms with Crippen molar-refractivity contribution < 1.29 is 106 Å². The predicted octanol–water partition coefficient (Wildman–Crippen LogP) is -11.9. The average Bonchev–Trinajstić information content (AvgIpc) is 1.18. The van der Waals surface area contributed by atoms with E-state index < -0.39 is 288 Å². The molecule has 1 heterocycles. The number of nitrogens with one attached hydrogen (secondary N) is 26. The van der Waals surface area contributed by atoms with Gasteiger partial charge < -0.3 is 167 Å². The van der Waals surface area contributed by atoms with E-state index in [-0.39, 0.29) is 122 Å². The minimum atomic E-state index is -1.96. The molecule has 136 heavy (non-hydrogen) atoms. The zero-order valence-corrected chi connectivity index (χ0v) is 79.8. The highest BCUT2D eigenvalue weighted by molar-refractivity contribution is 7.98. The molecular weight excluding hydrogens is 1850 g/mol. The van der Waals surface area contributed by atoms with Crippen LogP contribution >= 0.6 is 37.0 Å². The van der Waals surface area contributed by atoms with Gasteiger partial charge in [-0.2, -0.15) is 37.0 Å². The monoisotopic (exact) mass is 1990 g/mol. The zero-order valence-electron chi connectivity index (χ0n) is 77.2. The third kappa shape index (κ3) is 49.5. The Morgan fingerprint density at radius 2 is 0.699 bits per heavy atom. The lowest BCUT2D eigenvalue weighted by Gasteiger charge is -2.30. The number of nitrogens with two attached hydrogens (primary N) is 7. The molecule has 43 N–H and O–H groups in total. The number of carbonyl (C=O) groups excluding carboxylic acids is 17. The first-order chi connectivity index (χ1) is 63.9. The number of hydrogen-bond acceptors (Lipinski definition) is 29. The average molecular weight is 1990 g/mol. The summed E-state index contributed by atoms with van der Waals surface area (Å²) >= 11 is 9.90. The van der Waals surface area contributed by atoms with E-state index in [9.17, 15) is 106 Å². The van der Waals surface area contributed by atoms with Gasteiger partial charge in [0.1, 0.15) is 90.6 Å². The van der Waals surface area contributed by atoms with Crippen molar-refractivity contribution in [3.8, 4) is 0 Å². The second kappa shape index (κ2) is 65.0. The molecule has 1 rings (SSSR count). The van der Waals surface area contributed by atoms with Crippen molar-refractivity contribution in [1.82, 2.24) is 112 Å². The largest absolute Gasteiger partial charge is 0.481 e. The van der Waals surface area contributed by atoms with E-state index in [4.69, 9.17) is 67.2 Å². The van der Waals surface area contributed by atoms with E-state index in [1.807, 2.05) is 0 Å². The molecule has 18 atom stereocenters. The molecule has 0 aromatic carbocycles. The molecule has 0 spiro atoms. The minimum Gasteiger partial charge on any atom is -0.481 e. The van der Waals surface area contributed by atoms with Crippen LogP contribution in [-0.4, -0.2) is 323 Å². The molecule has 0 aromatic heterocycles. The number of aliphatic hydroxyl groups is 1. The number of rotatable bonds is 68. The lowest BCUT2D eigenvalue weighted by atomic mass is 9.96. The Bertz CT molecular complexity index is 4100. The van der Waals surface area contributed by atoms with Gasteiger partial charge in [-0.3, -0.25) is 113 Å². The minimum absolute atomic E-state index is 0.00507. The Kier molecular flexibility index (Phi) is 58.0. The van der Waals surface area contributed by atoms with Crippen molar-refractivity contribution in [3.63, 3.8) is 0 Å². The number of carboxylic acids is 2. The van der Waals surface area contributed by atoms with Crippen LogP contribution < -0.4 is 152 Å². The second-order valence-electron chi connectivity index (χ2n) is 32.5. The van der Waals surface area contributed by atoms with Gasteiger partial charge in [0.05, 0.1) is 25.0 Å². The van der Waals surface area contributed by atoms with Crippen molar-refractivity contribution in [2.24, 2.45) is 52.0 Å². The quantitative estimate of drug-likeness (QED) is 0.0116.